The summed E-state index contributed by atoms with van der Waals surface area (Å²) >= 11 is 0. The number of aliphatic hydroxyl groups is 1. The first-order valence-electron chi connectivity index (χ1n) is 7.26. The number of hydrogen-bond donors (Lipinski definition) is 1. The van der Waals surface area contributed by atoms with Gasteiger partial charge in [-0.15, -0.1) is 0 Å². The predicted molar refractivity (Wildman–Crippen MR) is 75.5 cm³/mol. The number of rotatable bonds is 6. The Bertz CT molecular complexity index is 441. The lowest BCUT2D eigenvalue weighted by Gasteiger charge is -2.34. The molecule has 1 aliphatic carbocycles. The van der Waals surface area contributed by atoms with Crippen molar-refractivity contribution in [1.29, 1.82) is 0 Å². The van der Waals surface area contributed by atoms with Crippen LogP contribution in [0.2, 0.25) is 0 Å². The minimum atomic E-state index is -0.688. The van der Waals surface area contributed by atoms with Crippen LogP contribution in [0, 0.1) is 5.82 Å². The molecule has 0 amide bonds. The Morgan fingerprint density at radius 2 is 2.05 bits per heavy atom. The van der Waals surface area contributed by atoms with Crippen LogP contribution in [0.4, 0.5) is 4.39 Å². The van der Waals surface area contributed by atoms with Crippen molar-refractivity contribution in [2.75, 3.05) is 13.7 Å². The van der Waals surface area contributed by atoms with Crippen molar-refractivity contribution < 1.29 is 19.0 Å². The largest absolute Gasteiger partial charge is 0.494 e. The molecule has 1 saturated carbocycles. The van der Waals surface area contributed by atoms with Crippen LogP contribution in [-0.2, 0) is 11.2 Å². The van der Waals surface area contributed by atoms with E-state index >= 15 is 0 Å². The lowest BCUT2D eigenvalue weighted by Crippen LogP contribution is -2.44. The number of aliphatic hydroxyl groups excluding tert-OH is 1. The molecule has 2 rings (SSSR count). The third kappa shape index (κ3) is 2.96. The molecule has 1 atom stereocenters. The second kappa shape index (κ2) is 6.55. The Morgan fingerprint density at radius 3 is 2.65 bits per heavy atom. The van der Waals surface area contributed by atoms with Gasteiger partial charge in [0.05, 0.1) is 18.8 Å². The van der Waals surface area contributed by atoms with E-state index in [1.54, 1.807) is 18.2 Å². The monoisotopic (exact) mass is 282 g/mol. The zero-order valence-corrected chi connectivity index (χ0v) is 12.2. The fraction of sp³-hybridized carbons (Fsp3) is 0.625. The second-order valence-corrected chi connectivity index (χ2v) is 5.36. The zero-order chi connectivity index (χ0) is 14.6. The molecular formula is C16H23FO3. The van der Waals surface area contributed by atoms with Gasteiger partial charge in [-0.05, 0) is 31.4 Å². The maximum Gasteiger partial charge on any atom is 0.168 e. The standard InChI is InChI=1S/C16H23FO3/c1-3-20-16(9-4-5-10-16)14(18)11-12-7-6-8-13(19-2)15(12)17/h6-8,14,18H,3-5,9-11H2,1-2H3. The summed E-state index contributed by atoms with van der Waals surface area (Å²) in [5.74, 6) is -0.176. The van der Waals surface area contributed by atoms with Gasteiger partial charge < -0.3 is 14.6 Å². The third-order valence-corrected chi connectivity index (χ3v) is 4.17. The SMILES string of the molecule is CCOC1(C(O)Cc2cccc(OC)c2F)CCCC1. The van der Waals surface area contributed by atoms with Gasteiger partial charge in [0.1, 0.15) is 0 Å². The first-order valence-corrected chi connectivity index (χ1v) is 7.26. The fourth-order valence-electron chi connectivity index (χ4n) is 3.10. The molecule has 1 unspecified atom stereocenters. The summed E-state index contributed by atoms with van der Waals surface area (Å²) < 4.78 is 24.9. The lowest BCUT2D eigenvalue weighted by molar-refractivity contribution is -0.115. The van der Waals surface area contributed by atoms with Gasteiger partial charge >= 0.3 is 0 Å². The molecule has 0 saturated heterocycles. The maximum absolute atomic E-state index is 14.2. The number of methoxy groups -OCH3 is 1. The highest BCUT2D eigenvalue weighted by molar-refractivity contribution is 5.31. The summed E-state index contributed by atoms with van der Waals surface area (Å²) in [5.41, 5.74) is -0.0348. The zero-order valence-electron chi connectivity index (χ0n) is 12.2. The summed E-state index contributed by atoms with van der Waals surface area (Å²) in [6.45, 7) is 2.50. The number of ether oxygens (including phenoxy) is 2. The van der Waals surface area contributed by atoms with Crippen LogP contribution in [0.1, 0.15) is 38.2 Å². The lowest BCUT2D eigenvalue weighted by atomic mass is 9.89. The highest BCUT2D eigenvalue weighted by atomic mass is 19.1. The van der Waals surface area contributed by atoms with Crippen LogP contribution in [0.3, 0.4) is 0 Å². The molecule has 1 aliphatic rings. The maximum atomic E-state index is 14.2. The molecule has 4 heteroatoms. The van der Waals surface area contributed by atoms with Crippen molar-refractivity contribution in [2.24, 2.45) is 0 Å². The highest BCUT2D eigenvalue weighted by Gasteiger charge is 2.41. The van der Waals surface area contributed by atoms with Crippen LogP contribution in [-0.4, -0.2) is 30.5 Å². The van der Waals surface area contributed by atoms with E-state index in [9.17, 15) is 9.50 Å². The minimum Gasteiger partial charge on any atom is -0.494 e. The molecule has 0 spiro atoms. The van der Waals surface area contributed by atoms with Crippen LogP contribution in [0.15, 0.2) is 18.2 Å². The normalized spacial score (nSPS) is 19.0. The van der Waals surface area contributed by atoms with Gasteiger partial charge in [0.2, 0.25) is 0 Å². The summed E-state index contributed by atoms with van der Waals surface area (Å²) in [4.78, 5) is 0. The van der Waals surface area contributed by atoms with Crippen LogP contribution >= 0.6 is 0 Å². The first kappa shape index (κ1) is 15.3. The Labute approximate surface area is 119 Å². The molecule has 1 fully saturated rings. The second-order valence-electron chi connectivity index (χ2n) is 5.36. The van der Waals surface area contributed by atoms with Gasteiger partial charge in [-0.25, -0.2) is 4.39 Å². The minimum absolute atomic E-state index is 0.214. The average molecular weight is 282 g/mol. The van der Waals surface area contributed by atoms with Crippen molar-refractivity contribution >= 4 is 0 Å². The van der Waals surface area contributed by atoms with Crippen molar-refractivity contribution in [3.63, 3.8) is 0 Å². The van der Waals surface area contributed by atoms with E-state index in [-0.39, 0.29) is 12.2 Å². The predicted octanol–water partition coefficient (Wildman–Crippen LogP) is 3.09. The van der Waals surface area contributed by atoms with E-state index < -0.39 is 17.5 Å². The van der Waals surface area contributed by atoms with E-state index in [1.165, 1.54) is 7.11 Å². The molecule has 0 radical (unpaired) electrons. The van der Waals surface area contributed by atoms with Gasteiger partial charge in [-0.3, -0.25) is 0 Å². The van der Waals surface area contributed by atoms with E-state index in [4.69, 9.17) is 9.47 Å². The quantitative estimate of drug-likeness (QED) is 0.871. The smallest absolute Gasteiger partial charge is 0.168 e. The molecule has 1 aromatic rings. The molecule has 0 aliphatic heterocycles. The average Bonchev–Trinajstić information content (AvgIpc) is 2.91. The Hall–Kier alpha value is -1.13. The fourth-order valence-corrected chi connectivity index (χ4v) is 3.10. The summed E-state index contributed by atoms with van der Waals surface area (Å²) in [6.07, 6.45) is 3.35. The number of hydrogen-bond acceptors (Lipinski definition) is 3. The summed E-state index contributed by atoms with van der Waals surface area (Å²) in [5, 5.41) is 10.5. The summed E-state index contributed by atoms with van der Waals surface area (Å²) in [7, 11) is 1.44. The number of benzene rings is 1. The van der Waals surface area contributed by atoms with Crippen LogP contribution in [0.25, 0.3) is 0 Å². The van der Waals surface area contributed by atoms with Crippen molar-refractivity contribution in [3.8, 4) is 5.75 Å². The Balaban J connectivity index is 2.16. The van der Waals surface area contributed by atoms with Crippen LogP contribution < -0.4 is 4.74 Å². The van der Waals surface area contributed by atoms with Crippen molar-refractivity contribution in [1.82, 2.24) is 0 Å². The van der Waals surface area contributed by atoms with Crippen molar-refractivity contribution in [2.45, 2.75) is 50.7 Å². The molecule has 20 heavy (non-hydrogen) atoms. The van der Waals surface area contributed by atoms with Gasteiger partial charge in [0.25, 0.3) is 0 Å². The third-order valence-electron chi connectivity index (χ3n) is 4.17. The van der Waals surface area contributed by atoms with E-state index in [1.807, 2.05) is 6.92 Å². The summed E-state index contributed by atoms with van der Waals surface area (Å²) in [6, 6.07) is 5.01. The topological polar surface area (TPSA) is 38.7 Å². The van der Waals surface area contributed by atoms with E-state index in [2.05, 4.69) is 0 Å². The van der Waals surface area contributed by atoms with Gasteiger partial charge in [0, 0.05) is 13.0 Å². The molecular weight excluding hydrogens is 259 g/mol. The highest BCUT2D eigenvalue weighted by Crippen LogP contribution is 2.37. The first-order chi connectivity index (χ1) is 9.63. The van der Waals surface area contributed by atoms with Gasteiger partial charge in [-0.1, -0.05) is 25.0 Å². The molecule has 0 heterocycles. The molecule has 1 N–H and O–H groups in total. The molecule has 112 valence electrons. The molecule has 0 bridgehead atoms. The molecule has 3 nitrogen and oxygen atoms in total. The molecule has 1 aromatic carbocycles. The number of halogens is 1. The van der Waals surface area contributed by atoms with E-state index in [0.29, 0.717) is 12.2 Å². The Kier molecular flexibility index (Phi) is 5.00. The molecule has 0 aromatic heterocycles. The van der Waals surface area contributed by atoms with Crippen molar-refractivity contribution in [3.05, 3.63) is 29.6 Å². The van der Waals surface area contributed by atoms with Gasteiger partial charge in [0.15, 0.2) is 11.6 Å². The Morgan fingerprint density at radius 1 is 1.35 bits per heavy atom. The van der Waals surface area contributed by atoms with E-state index in [0.717, 1.165) is 25.7 Å². The van der Waals surface area contributed by atoms with Gasteiger partial charge in [-0.2, -0.15) is 0 Å². The van der Waals surface area contributed by atoms with Crippen LogP contribution in [0.5, 0.6) is 5.75 Å².